The molecule has 2 aromatic heterocycles. The van der Waals surface area contributed by atoms with Crippen molar-refractivity contribution in [3.63, 3.8) is 0 Å². The van der Waals surface area contributed by atoms with Gasteiger partial charge in [-0.05, 0) is 30.2 Å². The summed E-state index contributed by atoms with van der Waals surface area (Å²) in [5.74, 6) is -0.633. The molecule has 5 rings (SSSR count). The molecule has 1 aromatic carbocycles. The fourth-order valence-electron chi connectivity index (χ4n) is 4.99. The van der Waals surface area contributed by atoms with E-state index in [-0.39, 0.29) is 35.5 Å². The first-order chi connectivity index (χ1) is 16.8. The van der Waals surface area contributed by atoms with Crippen molar-refractivity contribution in [1.29, 1.82) is 0 Å². The minimum Gasteiger partial charge on any atom is -0.493 e. The lowest BCUT2D eigenvalue weighted by molar-refractivity contribution is 0.0695. The largest absolute Gasteiger partial charge is 0.493 e. The highest BCUT2D eigenvalue weighted by Crippen LogP contribution is 2.38. The van der Waals surface area contributed by atoms with E-state index in [0.717, 1.165) is 19.0 Å². The van der Waals surface area contributed by atoms with E-state index in [9.17, 15) is 14.7 Å². The number of anilines is 1. The van der Waals surface area contributed by atoms with E-state index in [1.165, 1.54) is 32.1 Å². The van der Waals surface area contributed by atoms with Gasteiger partial charge in [-0.15, -0.1) is 0 Å². The zero-order chi connectivity index (χ0) is 24.9. The van der Waals surface area contributed by atoms with Gasteiger partial charge in [-0.3, -0.25) is 4.79 Å². The van der Waals surface area contributed by atoms with E-state index < -0.39 is 22.8 Å². The molecular formula is C24H25FN4O6. The number of pyridine rings is 2. The fraction of sp³-hybridized carbons (Fsp3) is 0.375. The third-order valence-electron chi connectivity index (χ3n) is 6.62. The third-order valence-corrected chi connectivity index (χ3v) is 6.62. The summed E-state index contributed by atoms with van der Waals surface area (Å²) in [5.41, 5.74) is -0.377. The van der Waals surface area contributed by atoms with Crippen LogP contribution in [-0.4, -0.2) is 67.1 Å². The number of hydrogen-bond acceptors (Lipinski definition) is 8. The Hall–Kier alpha value is -3.86. The van der Waals surface area contributed by atoms with Gasteiger partial charge in [0.15, 0.2) is 23.1 Å². The van der Waals surface area contributed by atoms with Crippen LogP contribution in [0.1, 0.15) is 22.3 Å². The second-order valence-corrected chi connectivity index (χ2v) is 8.65. The smallest absolute Gasteiger partial charge is 0.341 e. The van der Waals surface area contributed by atoms with Crippen molar-refractivity contribution in [3.05, 3.63) is 51.6 Å². The normalized spacial score (nSPS) is 18.8. The fourth-order valence-corrected chi connectivity index (χ4v) is 4.99. The molecule has 10 nitrogen and oxygen atoms in total. The van der Waals surface area contributed by atoms with Gasteiger partial charge < -0.3 is 34.1 Å². The van der Waals surface area contributed by atoms with Gasteiger partial charge in [0.1, 0.15) is 11.2 Å². The Kier molecular flexibility index (Phi) is 5.72. The molecule has 2 aliphatic rings. The number of benzene rings is 1. The van der Waals surface area contributed by atoms with Crippen LogP contribution in [0.25, 0.3) is 11.0 Å². The Morgan fingerprint density at radius 2 is 1.91 bits per heavy atom. The van der Waals surface area contributed by atoms with Crippen LogP contribution in [0, 0.1) is 5.82 Å². The third kappa shape index (κ3) is 3.81. The number of nitrogens with zero attached hydrogens (tertiary/aromatic N) is 3. The van der Waals surface area contributed by atoms with Gasteiger partial charge >= 0.3 is 5.97 Å². The summed E-state index contributed by atoms with van der Waals surface area (Å²) >= 11 is 0. The van der Waals surface area contributed by atoms with E-state index >= 15 is 4.39 Å². The number of hydrogen-bond donors (Lipinski definition) is 2. The van der Waals surface area contributed by atoms with Crippen LogP contribution in [-0.2, 0) is 6.54 Å². The van der Waals surface area contributed by atoms with Gasteiger partial charge in [-0.25, -0.2) is 14.2 Å². The molecule has 11 heteroatoms. The van der Waals surface area contributed by atoms with Gasteiger partial charge in [0.05, 0.1) is 26.7 Å². The lowest BCUT2D eigenvalue weighted by Gasteiger charge is -2.29. The number of ether oxygens (including phenoxy) is 3. The van der Waals surface area contributed by atoms with Crippen LogP contribution in [0.5, 0.6) is 17.2 Å². The van der Waals surface area contributed by atoms with Gasteiger partial charge in [-0.1, -0.05) is 0 Å². The molecule has 0 radical (unpaired) electrons. The van der Waals surface area contributed by atoms with Crippen LogP contribution in [0.2, 0.25) is 0 Å². The van der Waals surface area contributed by atoms with Crippen molar-refractivity contribution in [1.82, 2.24) is 14.9 Å². The number of carboxylic acid groups (broad SMARTS) is 1. The summed E-state index contributed by atoms with van der Waals surface area (Å²) in [5, 5.41) is 12.9. The van der Waals surface area contributed by atoms with Gasteiger partial charge in [0.2, 0.25) is 11.2 Å². The highest BCUT2D eigenvalue weighted by atomic mass is 19.1. The van der Waals surface area contributed by atoms with E-state index in [1.54, 1.807) is 12.1 Å². The topological polar surface area (TPSA) is 115 Å². The number of carbonyl (C=O) groups is 1. The van der Waals surface area contributed by atoms with Gasteiger partial charge in [-0.2, -0.15) is 0 Å². The quantitative estimate of drug-likeness (QED) is 0.519. The lowest BCUT2D eigenvalue weighted by Crippen LogP contribution is -2.44. The number of aromatic carboxylic acids is 1. The van der Waals surface area contributed by atoms with E-state index in [2.05, 4.69) is 10.3 Å². The maximum Gasteiger partial charge on any atom is 0.341 e. The van der Waals surface area contributed by atoms with Crippen LogP contribution in [0.4, 0.5) is 10.2 Å². The Balaban J connectivity index is 1.68. The summed E-state index contributed by atoms with van der Waals surface area (Å²) < 4.78 is 32.9. The lowest BCUT2D eigenvalue weighted by atomic mass is 10.1. The molecule has 35 heavy (non-hydrogen) atoms. The first-order valence-electron chi connectivity index (χ1n) is 11.1. The highest BCUT2D eigenvalue weighted by molar-refractivity contribution is 5.92. The van der Waals surface area contributed by atoms with Crippen molar-refractivity contribution >= 4 is 22.8 Å². The number of methoxy groups -OCH3 is 3. The number of carboxylic acids is 1. The summed E-state index contributed by atoms with van der Waals surface area (Å²) in [7, 11) is 4.48. The Bertz CT molecular complexity index is 1370. The van der Waals surface area contributed by atoms with Crippen molar-refractivity contribution < 1.29 is 28.5 Å². The molecule has 0 saturated carbocycles. The molecule has 2 saturated heterocycles. The Morgan fingerprint density at radius 1 is 1.20 bits per heavy atom. The molecule has 2 unspecified atom stereocenters. The number of fused-ring (bicyclic) bond motifs is 3. The minimum atomic E-state index is -1.40. The summed E-state index contributed by atoms with van der Waals surface area (Å²) in [6.45, 7) is 1.48. The zero-order valence-electron chi connectivity index (χ0n) is 19.5. The van der Waals surface area contributed by atoms with Crippen molar-refractivity contribution in [2.45, 2.75) is 25.0 Å². The number of rotatable bonds is 7. The second kappa shape index (κ2) is 8.73. The molecule has 0 amide bonds. The molecule has 3 aromatic rings. The van der Waals surface area contributed by atoms with E-state index in [4.69, 9.17) is 14.2 Å². The number of nitrogens with one attached hydrogen (secondary N) is 1. The number of piperazine rings is 1. The monoisotopic (exact) mass is 484 g/mol. The van der Waals surface area contributed by atoms with Gasteiger partial charge in [0, 0.05) is 37.9 Å². The van der Waals surface area contributed by atoms with E-state index in [1.807, 2.05) is 4.90 Å². The van der Waals surface area contributed by atoms with E-state index in [0.29, 0.717) is 29.4 Å². The van der Waals surface area contributed by atoms with Crippen molar-refractivity contribution in [2.24, 2.45) is 0 Å². The second-order valence-electron chi connectivity index (χ2n) is 8.65. The zero-order valence-corrected chi connectivity index (χ0v) is 19.5. The maximum absolute atomic E-state index is 15.2. The first-order valence-corrected chi connectivity index (χ1v) is 11.1. The molecule has 184 valence electrons. The predicted molar refractivity (Wildman–Crippen MR) is 126 cm³/mol. The summed E-state index contributed by atoms with van der Waals surface area (Å²) in [6, 6.07) is 4.93. The molecule has 0 spiro atoms. The van der Waals surface area contributed by atoms with Crippen LogP contribution < -0.4 is 29.9 Å². The number of aromatic nitrogens is 2. The molecule has 2 atom stereocenters. The standard InChI is InChI=1S/C24H25FN4O6/c1-33-18-4-12(5-19(34-2)21(18)35-3)9-28-11-16(24(31)32)20(30)15-7-17(25)23(27-22(15)28)29-10-13-6-14(29)8-26-13/h4-5,7,11,13-14,26H,6,8-10H2,1-3H3,(H,31,32). The molecule has 4 heterocycles. The summed E-state index contributed by atoms with van der Waals surface area (Å²) in [4.78, 5) is 31.2. The molecule has 2 fully saturated rings. The molecule has 2 bridgehead atoms. The minimum absolute atomic E-state index is 0.0962. The molecule has 2 aliphatic heterocycles. The molecule has 0 aliphatic carbocycles. The average molecular weight is 484 g/mol. The SMILES string of the molecule is COc1cc(Cn2cc(C(=O)O)c(=O)c3cc(F)c(N4CC5CC4CN5)nc32)cc(OC)c1OC. The van der Waals surface area contributed by atoms with Crippen LogP contribution in [0.3, 0.4) is 0 Å². The maximum atomic E-state index is 15.2. The number of halogens is 1. The summed E-state index contributed by atoms with van der Waals surface area (Å²) in [6.07, 6.45) is 2.14. The Morgan fingerprint density at radius 3 is 2.46 bits per heavy atom. The van der Waals surface area contributed by atoms with Crippen molar-refractivity contribution in [2.75, 3.05) is 39.3 Å². The average Bonchev–Trinajstić information content (AvgIpc) is 3.48. The van der Waals surface area contributed by atoms with Crippen LogP contribution in [0.15, 0.2) is 29.2 Å². The first kappa shape index (κ1) is 22.9. The molecular weight excluding hydrogens is 459 g/mol. The predicted octanol–water partition coefficient (Wildman–Crippen LogP) is 1.86. The van der Waals surface area contributed by atoms with Crippen LogP contribution >= 0.6 is 0 Å². The Labute approximate surface area is 199 Å². The van der Waals surface area contributed by atoms with Crippen molar-refractivity contribution in [3.8, 4) is 17.2 Å². The van der Waals surface area contributed by atoms with Gasteiger partial charge in [0.25, 0.3) is 0 Å². The molecule has 2 N–H and O–H groups in total. The highest BCUT2D eigenvalue weighted by Gasteiger charge is 2.39.